The Bertz CT molecular complexity index is 599. The van der Waals surface area contributed by atoms with Crippen molar-refractivity contribution in [2.75, 3.05) is 13.2 Å². The summed E-state index contributed by atoms with van der Waals surface area (Å²) in [4.78, 5) is 11.8. The summed E-state index contributed by atoms with van der Waals surface area (Å²) in [7, 11) is 0. The minimum Gasteiger partial charge on any atom is -0.391 e. The molecule has 0 amide bonds. The van der Waals surface area contributed by atoms with Crippen LogP contribution in [0.15, 0.2) is 21.6 Å². The van der Waals surface area contributed by atoms with Crippen LogP contribution in [0.4, 0.5) is 0 Å². The van der Waals surface area contributed by atoms with Crippen LogP contribution in [0.1, 0.15) is 12.8 Å². The molecule has 1 saturated heterocycles. The van der Waals surface area contributed by atoms with Crippen LogP contribution in [0.3, 0.4) is 0 Å². The molecule has 1 aliphatic rings. The molecule has 20 heavy (non-hydrogen) atoms. The van der Waals surface area contributed by atoms with Crippen molar-refractivity contribution >= 4 is 22.7 Å². The molecule has 1 fully saturated rings. The molecule has 3 rings (SSSR count). The molecule has 0 spiro atoms. The fourth-order valence-electron chi connectivity index (χ4n) is 2.32. The average molecular weight is 312 g/mol. The fourth-order valence-corrected chi connectivity index (χ4v) is 3.81. The molecule has 0 saturated carbocycles. The van der Waals surface area contributed by atoms with Gasteiger partial charge in [0.25, 0.3) is 0 Å². The molecule has 108 valence electrons. The Kier molecular flexibility index (Phi) is 4.30. The maximum absolute atomic E-state index is 11.9. The van der Waals surface area contributed by atoms with Gasteiger partial charge in [0.1, 0.15) is 5.01 Å². The van der Waals surface area contributed by atoms with E-state index >= 15 is 0 Å². The normalized spacial score (nSPS) is 20.9. The first kappa shape index (κ1) is 13.9. The minimum absolute atomic E-state index is 0.0990. The van der Waals surface area contributed by atoms with E-state index in [0.717, 1.165) is 36.3 Å². The third-order valence-electron chi connectivity index (χ3n) is 3.47. The average Bonchev–Trinajstić information content (AvgIpc) is 3.10. The highest BCUT2D eigenvalue weighted by atomic mass is 32.1. The second kappa shape index (κ2) is 6.17. The summed E-state index contributed by atoms with van der Waals surface area (Å²) in [5, 5.41) is 19.2. The number of thiophene rings is 1. The largest absolute Gasteiger partial charge is 0.391 e. The Morgan fingerprint density at radius 1 is 1.60 bits per heavy atom. The van der Waals surface area contributed by atoms with Crippen LogP contribution in [-0.4, -0.2) is 34.2 Å². The molecule has 0 radical (unpaired) electrons. The van der Waals surface area contributed by atoms with Crippen LogP contribution < -0.4 is 4.87 Å². The maximum atomic E-state index is 11.9. The first-order chi connectivity index (χ1) is 9.74. The van der Waals surface area contributed by atoms with Crippen LogP contribution in [-0.2, 0) is 11.3 Å². The van der Waals surface area contributed by atoms with Crippen molar-refractivity contribution in [3.05, 3.63) is 26.5 Å². The monoisotopic (exact) mass is 312 g/mol. The molecule has 2 unspecified atom stereocenters. The summed E-state index contributed by atoms with van der Waals surface area (Å²) in [6.45, 7) is 1.58. The van der Waals surface area contributed by atoms with Crippen LogP contribution in [0.2, 0.25) is 0 Å². The van der Waals surface area contributed by atoms with Gasteiger partial charge in [0, 0.05) is 23.5 Å². The Balaban J connectivity index is 1.72. The SMILES string of the molecule is O=c1sc(-c2ccsc2)nn1CC(O)C1CCCOC1. The maximum Gasteiger partial charge on any atom is 0.325 e. The van der Waals surface area contributed by atoms with Gasteiger partial charge in [-0.15, -0.1) is 0 Å². The van der Waals surface area contributed by atoms with Gasteiger partial charge in [-0.1, -0.05) is 11.3 Å². The predicted molar refractivity (Wildman–Crippen MR) is 79.2 cm³/mol. The Morgan fingerprint density at radius 2 is 2.50 bits per heavy atom. The lowest BCUT2D eigenvalue weighted by Gasteiger charge is -2.26. The van der Waals surface area contributed by atoms with E-state index in [1.807, 2.05) is 16.8 Å². The summed E-state index contributed by atoms with van der Waals surface area (Å²) in [5.74, 6) is 0.0990. The van der Waals surface area contributed by atoms with Gasteiger partial charge in [0.2, 0.25) is 0 Å². The van der Waals surface area contributed by atoms with Crippen molar-refractivity contribution in [3.8, 4) is 10.6 Å². The summed E-state index contributed by atoms with van der Waals surface area (Å²) in [6, 6.07) is 1.94. The summed E-state index contributed by atoms with van der Waals surface area (Å²) >= 11 is 2.70. The van der Waals surface area contributed by atoms with Crippen molar-refractivity contribution in [1.82, 2.24) is 9.78 Å². The highest BCUT2D eigenvalue weighted by molar-refractivity contribution is 7.13. The molecule has 0 aliphatic carbocycles. The molecule has 2 aromatic heterocycles. The molecule has 7 heteroatoms. The molecule has 1 aliphatic heterocycles. The highest BCUT2D eigenvalue weighted by Crippen LogP contribution is 2.23. The zero-order valence-corrected chi connectivity index (χ0v) is 12.5. The van der Waals surface area contributed by atoms with Gasteiger partial charge in [0.15, 0.2) is 0 Å². The number of hydrogen-bond donors (Lipinski definition) is 1. The Hall–Kier alpha value is -1.02. The predicted octanol–water partition coefficient (Wildman–Crippen LogP) is 1.82. The van der Waals surface area contributed by atoms with Gasteiger partial charge in [0.05, 0.1) is 19.3 Å². The zero-order chi connectivity index (χ0) is 13.9. The number of ether oxygens (including phenoxy) is 1. The molecular formula is C13H16N2O3S2. The third-order valence-corrected chi connectivity index (χ3v) is 5.05. The van der Waals surface area contributed by atoms with E-state index in [9.17, 15) is 9.90 Å². The molecule has 0 aromatic carbocycles. The van der Waals surface area contributed by atoms with Gasteiger partial charge < -0.3 is 9.84 Å². The standard InChI is InChI=1S/C13H16N2O3S2/c16-11(9-2-1-4-18-7-9)6-15-13(17)20-12(14-15)10-3-5-19-8-10/h3,5,8-9,11,16H,1-2,4,6-7H2. The number of nitrogens with zero attached hydrogens (tertiary/aromatic N) is 2. The van der Waals surface area contributed by atoms with Crippen LogP contribution in [0.5, 0.6) is 0 Å². The van der Waals surface area contributed by atoms with E-state index in [0.29, 0.717) is 11.6 Å². The van der Waals surface area contributed by atoms with Gasteiger partial charge in [-0.2, -0.15) is 16.4 Å². The summed E-state index contributed by atoms with van der Waals surface area (Å²) in [5.41, 5.74) is 0.964. The quantitative estimate of drug-likeness (QED) is 0.935. The summed E-state index contributed by atoms with van der Waals surface area (Å²) < 4.78 is 6.74. The smallest absolute Gasteiger partial charge is 0.325 e. The molecule has 2 atom stereocenters. The first-order valence-corrected chi connectivity index (χ1v) is 8.36. The van der Waals surface area contributed by atoms with Crippen LogP contribution >= 0.6 is 22.7 Å². The Labute approximate surface area is 124 Å². The molecule has 0 bridgehead atoms. The van der Waals surface area contributed by atoms with Crippen LogP contribution in [0, 0.1) is 5.92 Å². The second-order valence-electron chi connectivity index (χ2n) is 4.91. The summed E-state index contributed by atoms with van der Waals surface area (Å²) in [6.07, 6.45) is 1.33. The van der Waals surface area contributed by atoms with E-state index in [2.05, 4.69) is 5.10 Å². The van der Waals surface area contributed by atoms with E-state index in [4.69, 9.17) is 4.74 Å². The second-order valence-corrected chi connectivity index (χ2v) is 6.63. The number of aromatic nitrogens is 2. The lowest BCUT2D eigenvalue weighted by atomic mass is 9.96. The molecule has 1 N–H and O–H groups in total. The van der Waals surface area contributed by atoms with Gasteiger partial charge >= 0.3 is 4.87 Å². The lowest BCUT2D eigenvalue weighted by molar-refractivity contribution is -0.0164. The molecule has 3 heterocycles. The van der Waals surface area contributed by atoms with E-state index < -0.39 is 6.10 Å². The molecule has 2 aromatic rings. The zero-order valence-electron chi connectivity index (χ0n) is 10.9. The van der Waals surface area contributed by atoms with Gasteiger partial charge in [-0.05, 0) is 24.3 Å². The van der Waals surface area contributed by atoms with Crippen LogP contribution in [0.25, 0.3) is 10.6 Å². The highest BCUT2D eigenvalue weighted by Gasteiger charge is 2.24. The third kappa shape index (κ3) is 3.01. The van der Waals surface area contributed by atoms with Crippen molar-refractivity contribution in [1.29, 1.82) is 0 Å². The minimum atomic E-state index is -0.578. The van der Waals surface area contributed by atoms with Gasteiger partial charge in [-0.25, -0.2) is 4.68 Å². The first-order valence-electron chi connectivity index (χ1n) is 6.60. The lowest BCUT2D eigenvalue weighted by Crippen LogP contribution is -2.34. The number of aliphatic hydroxyl groups is 1. The fraction of sp³-hybridized carbons (Fsp3) is 0.538. The number of aliphatic hydroxyl groups excluding tert-OH is 1. The van der Waals surface area contributed by atoms with Gasteiger partial charge in [-0.3, -0.25) is 4.79 Å². The van der Waals surface area contributed by atoms with E-state index in [1.165, 1.54) is 4.68 Å². The molecular weight excluding hydrogens is 296 g/mol. The topological polar surface area (TPSA) is 64.4 Å². The molecule has 5 nitrogen and oxygen atoms in total. The van der Waals surface area contributed by atoms with E-state index in [1.54, 1.807) is 11.3 Å². The Morgan fingerprint density at radius 3 is 3.20 bits per heavy atom. The van der Waals surface area contributed by atoms with Crippen molar-refractivity contribution in [2.24, 2.45) is 5.92 Å². The van der Waals surface area contributed by atoms with Crippen molar-refractivity contribution in [2.45, 2.75) is 25.5 Å². The van der Waals surface area contributed by atoms with E-state index in [-0.39, 0.29) is 17.3 Å². The number of rotatable bonds is 4. The van der Waals surface area contributed by atoms with Crippen molar-refractivity contribution < 1.29 is 9.84 Å². The number of hydrogen-bond acceptors (Lipinski definition) is 6. The van der Waals surface area contributed by atoms with Crippen molar-refractivity contribution in [3.63, 3.8) is 0 Å².